The maximum atomic E-state index is 12.1. The summed E-state index contributed by atoms with van der Waals surface area (Å²) in [5, 5.41) is 0. The average molecular weight is 244 g/mol. The van der Waals surface area contributed by atoms with E-state index in [1.807, 2.05) is 0 Å². The summed E-state index contributed by atoms with van der Waals surface area (Å²) >= 11 is 0. The second-order valence-corrected chi connectivity index (χ2v) is 4.71. The molecule has 0 unspecified atom stereocenters. The second kappa shape index (κ2) is 4.04. The van der Waals surface area contributed by atoms with Gasteiger partial charge >= 0.3 is 21.0 Å². The van der Waals surface area contributed by atoms with E-state index in [0.29, 0.717) is 14.2 Å². The van der Waals surface area contributed by atoms with Gasteiger partial charge in [0.05, 0.1) is 0 Å². The average Bonchev–Trinajstić information content (AvgIpc) is 1.96. The number of hydrogen-bond acceptors (Lipinski definition) is 3. The third kappa shape index (κ3) is 3.11. The molecule has 0 aliphatic heterocycles. The van der Waals surface area contributed by atoms with E-state index in [-0.39, 0.29) is 0 Å². The quantitative estimate of drug-likeness (QED) is 0.560. The molecule has 0 saturated heterocycles. The van der Waals surface area contributed by atoms with Gasteiger partial charge in [0.15, 0.2) is 0 Å². The fourth-order valence-corrected chi connectivity index (χ4v) is 1.83. The first-order valence-electron chi connectivity index (χ1n) is 3.02. The van der Waals surface area contributed by atoms with Crippen molar-refractivity contribution in [3.8, 4) is 0 Å². The predicted octanol–water partition coefficient (Wildman–Crippen LogP) is 1.86. The zero-order chi connectivity index (χ0) is 11.6. The highest BCUT2D eigenvalue weighted by Crippen LogP contribution is 2.35. The molecule has 0 aliphatic carbocycles. The number of hydrogen-bond donors (Lipinski definition) is 0. The molecule has 0 saturated carbocycles. The Balaban J connectivity index is 4.91. The van der Waals surface area contributed by atoms with E-state index in [9.17, 15) is 26.3 Å². The Bertz CT molecular complexity index is 184. The van der Waals surface area contributed by atoms with Crippen molar-refractivity contribution >= 4 is 8.80 Å². The third-order valence-electron chi connectivity index (χ3n) is 1.13. The van der Waals surface area contributed by atoms with Gasteiger partial charge in [0, 0.05) is 14.2 Å². The van der Waals surface area contributed by atoms with Crippen molar-refractivity contribution in [3.63, 3.8) is 0 Å². The fraction of sp³-hybridized carbons (Fsp3) is 1.00. The van der Waals surface area contributed by atoms with Crippen molar-refractivity contribution in [1.29, 1.82) is 0 Å². The lowest BCUT2D eigenvalue weighted by Crippen LogP contribution is -2.59. The Labute approximate surface area is 75.9 Å². The Kier molecular flexibility index (Phi) is 3.95. The van der Waals surface area contributed by atoms with E-state index in [0.717, 1.165) is 0 Å². The fourth-order valence-electron chi connectivity index (χ4n) is 0.608. The maximum Gasteiger partial charge on any atom is 0.621 e. The van der Waals surface area contributed by atoms with Crippen molar-refractivity contribution in [1.82, 2.24) is 0 Å². The third-order valence-corrected chi connectivity index (χ3v) is 3.40. The Morgan fingerprint density at radius 3 is 1.29 bits per heavy atom. The highest BCUT2D eigenvalue weighted by molar-refractivity contribution is 6.62. The van der Waals surface area contributed by atoms with Gasteiger partial charge in [-0.2, -0.15) is 13.2 Å². The molecule has 0 fully saturated rings. The standard InChI is InChI=1S/C4H6F6O3Si/c1-11-14(12-2,4(8,9)10)13-3(5,6)7/h1-2H3. The van der Waals surface area contributed by atoms with Crippen molar-refractivity contribution in [3.05, 3.63) is 0 Å². The van der Waals surface area contributed by atoms with Crippen molar-refractivity contribution < 1.29 is 39.6 Å². The molecule has 0 aliphatic rings. The summed E-state index contributed by atoms with van der Waals surface area (Å²) < 4.78 is 81.3. The number of alkyl halides is 6. The van der Waals surface area contributed by atoms with Gasteiger partial charge < -0.3 is 8.85 Å². The van der Waals surface area contributed by atoms with Crippen LogP contribution < -0.4 is 0 Å². The molecule has 0 N–H and O–H groups in total. The molecule has 0 rings (SSSR count). The van der Waals surface area contributed by atoms with E-state index in [2.05, 4.69) is 13.3 Å². The number of rotatable bonds is 3. The molecule has 86 valence electrons. The topological polar surface area (TPSA) is 27.7 Å². The first-order valence-corrected chi connectivity index (χ1v) is 4.74. The van der Waals surface area contributed by atoms with Gasteiger partial charge in [-0.25, -0.2) is 0 Å². The molecule has 0 bridgehead atoms. The second-order valence-electron chi connectivity index (χ2n) is 2.01. The van der Waals surface area contributed by atoms with E-state index in [1.165, 1.54) is 0 Å². The Morgan fingerprint density at radius 1 is 0.857 bits per heavy atom. The van der Waals surface area contributed by atoms with Crippen LogP contribution in [0, 0.1) is 0 Å². The Morgan fingerprint density at radius 2 is 1.21 bits per heavy atom. The molecule has 0 amide bonds. The van der Waals surface area contributed by atoms with Crippen LogP contribution in [0.3, 0.4) is 0 Å². The molecule has 0 heterocycles. The summed E-state index contributed by atoms with van der Waals surface area (Å²) in [6.45, 7) is 0. The smallest absolute Gasteiger partial charge is 0.371 e. The van der Waals surface area contributed by atoms with Crippen LogP contribution in [0.5, 0.6) is 0 Å². The van der Waals surface area contributed by atoms with Crippen LogP contribution in [0.4, 0.5) is 26.3 Å². The lowest BCUT2D eigenvalue weighted by Gasteiger charge is -2.28. The summed E-state index contributed by atoms with van der Waals surface area (Å²) in [7, 11) is -4.83. The predicted molar refractivity (Wildman–Crippen MR) is 33.0 cm³/mol. The van der Waals surface area contributed by atoms with Gasteiger partial charge in [0.1, 0.15) is 0 Å². The molecule has 0 spiro atoms. The van der Waals surface area contributed by atoms with Crippen LogP contribution >= 0.6 is 0 Å². The number of halogens is 6. The SMILES string of the molecule is CO[Si](OC)(OC(F)(F)F)C(F)(F)F. The zero-order valence-corrected chi connectivity index (χ0v) is 7.99. The minimum absolute atomic E-state index is 0.439. The minimum atomic E-state index is -5.71. The van der Waals surface area contributed by atoms with Crippen LogP contribution in [-0.4, -0.2) is 35.2 Å². The van der Waals surface area contributed by atoms with Gasteiger partial charge in [0.2, 0.25) is 0 Å². The maximum absolute atomic E-state index is 12.1. The van der Waals surface area contributed by atoms with Crippen LogP contribution in [0.15, 0.2) is 0 Å². The van der Waals surface area contributed by atoms with E-state index < -0.39 is 21.0 Å². The van der Waals surface area contributed by atoms with Gasteiger partial charge in [-0.15, -0.1) is 13.2 Å². The minimum Gasteiger partial charge on any atom is -0.371 e. The lowest BCUT2D eigenvalue weighted by molar-refractivity contribution is -0.310. The van der Waals surface area contributed by atoms with Gasteiger partial charge in [-0.1, -0.05) is 0 Å². The molecule has 3 nitrogen and oxygen atoms in total. The Hall–Kier alpha value is -0.323. The van der Waals surface area contributed by atoms with Gasteiger partial charge in [-0.05, 0) is 0 Å². The molecule has 10 heteroatoms. The summed E-state index contributed by atoms with van der Waals surface area (Å²) in [5.41, 5.74) is 0. The van der Waals surface area contributed by atoms with Crippen molar-refractivity contribution in [2.45, 2.75) is 12.2 Å². The molecule has 0 aromatic rings. The molecule has 0 atom stereocenters. The van der Waals surface area contributed by atoms with Gasteiger partial charge in [0.25, 0.3) is 0 Å². The molecular formula is C4H6F6O3Si. The highest BCUT2D eigenvalue weighted by atomic mass is 28.4. The first kappa shape index (κ1) is 13.7. The molecule has 0 aromatic heterocycles. The zero-order valence-electron chi connectivity index (χ0n) is 6.99. The van der Waals surface area contributed by atoms with Crippen molar-refractivity contribution in [2.24, 2.45) is 0 Å². The highest BCUT2D eigenvalue weighted by Gasteiger charge is 2.70. The molecule has 0 radical (unpaired) electrons. The van der Waals surface area contributed by atoms with E-state index in [1.54, 1.807) is 0 Å². The van der Waals surface area contributed by atoms with Crippen LogP contribution in [-0.2, 0) is 13.3 Å². The lowest BCUT2D eigenvalue weighted by atomic mass is 11.4. The van der Waals surface area contributed by atoms with Gasteiger partial charge in [-0.3, -0.25) is 4.43 Å². The summed E-state index contributed by atoms with van der Waals surface area (Å²) in [5.74, 6) is -5.33. The summed E-state index contributed by atoms with van der Waals surface area (Å²) in [6.07, 6.45) is -5.46. The van der Waals surface area contributed by atoms with E-state index >= 15 is 0 Å². The van der Waals surface area contributed by atoms with Crippen LogP contribution in [0.25, 0.3) is 0 Å². The molecule has 0 aromatic carbocycles. The summed E-state index contributed by atoms with van der Waals surface area (Å²) in [6, 6.07) is 0. The van der Waals surface area contributed by atoms with Crippen molar-refractivity contribution in [2.75, 3.05) is 14.2 Å². The van der Waals surface area contributed by atoms with E-state index in [4.69, 9.17) is 0 Å². The summed E-state index contributed by atoms with van der Waals surface area (Å²) in [4.78, 5) is 0. The monoisotopic (exact) mass is 244 g/mol. The molecule has 14 heavy (non-hydrogen) atoms. The van der Waals surface area contributed by atoms with Crippen LogP contribution in [0.2, 0.25) is 0 Å². The normalized spacial score (nSPS) is 14.6. The van der Waals surface area contributed by atoms with Crippen LogP contribution in [0.1, 0.15) is 0 Å². The molecular weight excluding hydrogens is 238 g/mol. The first-order chi connectivity index (χ1) is 6.08. The largest absolute Gasteiger partial charge is 0.621 e.